The summed E-state index contributed by atoms with van der Waals surface area (Å²) in [6.45, 7) is 7.76. The highest BCUT2D eigenvalue weighted by Gasteiger charge is 2.25. The third kappa shape index (κ3) is 4.58. The molecule has 0 aliphatic carbocycles. The summed E-state index contributed by atoms with van der Waals surface area (Å²) in [4.78, 5) is 15.8. The summed E-state index contributed by atoms with van der Waals surface area (Å²) in [7, 11) is 3.66. The Balaban J connectivity index is 2.34. The van der Waals surface area contributed by atoms with E-state index in [4.69, 9.17) is 0 Å². The molecule has 0 aromatic carbocycles. The number of carbonyl (C=O) groups is 1. The van der Waals surface area contributed by atoms with E-state index in [1.54, 1.807) is 4.90 Å². The van der Waals surface area contributed by atoms with Crippen LogP contribution in [-0.2, 0) is 4.79 Å². The van der Waals surface area contributed by atoms with Gasteiger partial charge in [0.2, 0.25) is 5.91 Å². The molecule has 1 aliphatic rings. The first-order valence-electron chi connectivity index (χ1n) is 7.26. The van der Waals surface area contributed by atoms with Crippen molar-refractivity contribution in [2.75, 3.05) is 33.7 Å². The van der Waals surface area contributed by atoms with E-state index in [-0.39, 0.29) is 5.91 Å². The van der Waals surface area contributed by atoms with Crippen LogP contribution in [0.25, 0.3) is 0 Å². The fraction of sp³-hybridized carbons (Fsp3) is 0.929. The molecule has 0 radical (unpaired) electrons. The summed E-state index contributed by atoms with van der Waals surface area (Å²) < 4.78 is 0. The highest BCUT2D eigenvalue weighted by atomic mass is 16.2. The van der Waals surface area contributed by atoms with Crippen LogP contribution in [0.5, 0.6) is 0 Å². The largest absolute Gasteiger partial charge is 0.349 e. The summed E-state index contributed by atoms with van der Waals surface area (Å²) >= 11 is 0. The van der Waals surface area contributed by atoms with Gasteiger partial charge < -0.3 is 10.2 Å². The molecule has 18 heavy (non-hydrogen) atoms. The van der Waals surface area contributed by atoms with E-state index in [9.17, 15) is 4.79 Å². The maximum Gasteiger partial charge on any atom is 0.222 e. The average Bonchev–Trinajstić information content (AvgIpc) is 2.38. The fourth-order valence-corrected chi connectivity index (χ4v) is 2.54. The smallest absolute Gasteiger partial charge is 0.222 e. The van der Waals surface area contributed by atoms with Crippen LogP contribution >= 0.6 is 0 Å². The van der Waals surface area contributed by atoms with Gasteiger partial charge >= 0.3 is 0 Å². The molecule has 1 heterocycles. The Labute approximate surface area is 112 Å². The molecule has 1 rings (SSSR count). The fourth-order valence-electron chi connectivity index (χ4n) is 2.54. The van der Waals surface area contributed by atoms with Crippen LogP contribution in [0.15, 0.2) is 0 Å². The van der Waals surface area contributed by atoms with Gasteiger partial charge in [-0.05, 0) is 25.8 Å². The Morgan fingerprint density at radius 1 is 1.33 bits per heavy atom. The standard InChI is InChI=1S/C14H29N3O/c1-5-12-11-17(13(6-2)10-15-12)9-7-8-14(18)16(3)4/h12-13,15H,5-11H2,1-4H3. The second kappa shape index (κ2) is 7.74. The van der Waals surface area contributed by atoms with Gasteiger partial charge in [-0.1, -0.05) is 13.8 Å². The van der Waals surface area contributed by atoms with E-state index in [1.165, 1.54) is 12.8 Å². The number of nitrogens with one attached hydrogen (secondary N) is 1. The molecule has 1 amide bonds. The SMILES string of the molecule is CCC1CN(CCCC(=O)N(C)C)C(CC)CN1. The molecule has 2 atom stereocenters. The molecule has 0 aromatic heterocycles. The number of piperazine rings is 1. The highest BCUT2D eigenvalue weighted by molar-refractivity contribution is 5.75. The molecular weight excluding hydrogens is 226 g/mol. The first-order chi connectivity index (χ1) is 8.58. The van der Waals surface area contributed by atoms with Gasteiger partial charge in [0, 0.05) is 45.7 Å². The molecule has 1 saturated heterocycles. The maximum atomic E-state index is 11.6. The van der Waals surface area contributed by atoms with Crippen LogP contribution in [-0.4, -0.2) is 61.5 Å². The number of hydrogen-bond donors (Lipinski definition) is 1. The van der Waals surface area contributed by atoms with Crippen molar-refractivity contribution in [2.24, 2.45) is 0 Å². The Kier molecular flexibility index (Phi) is 6.65. The molecule has 1 N–H and O–H groups in total. The van der Waals surface area contributed by atoms with Crippen molar-refractivity contribution in [2.45, 2.75) is 51.6 Å². The minimum atomic E-state index is 0.241. The van der Waals surface area contributed by atoms with Gasteiger partial charge in [0.05, 0.1) is 0 Å². The number of carbonyl (C=O) groups excluding carboxylic acids is 1. The second-order valence-corrected chi connectivity index (χ2v) is 5.46. The number of rotatable bonds is 6. The molecule has 4 heteroatoms. The quantitative estimate of drug-likeness (QED) is 0.777. The van der Waals surface area contributed by atoms with Gasteiger partial charge in [0.1, 0.15) is 0 Å². The third-order valence-electron chi connectivity index (χ3n) is 3.91. The summed E-state index contributed by atoms with van der Waals surface area (Å²) in [5.74, 6) is 0.241. The average molecular weight is 255 g/mol. The van der Waals surface area contributed by atoms with Gasteiger partial charge in [-0.15, -0.1) is 0 Å². The van der Waals surface area contributed by atoms with Gasteiger partial charge in [-0.2, -0.15) is 0 Å². The Morgan fingerprint density at radius 3 is 2.61 bits per heavy atom. The van der Waals surface area contributed by atoms with E-state index in [0.717, 1.165) is 26.1 Å². The monoisotopic (exact) mass is 255 g/mol. The van der Waals surface area contributed by atoms with Crippen molar-refractivity contribution in [3.63, 3.8) is 0 Å². The van der Waals surface area contributed by atoms with Crippen LogP contribution in [0.1, 0.15) is 39.5 Å². The first kappa shape index (κ1) is 15.4. The van der Waals surface area contributed by atoms with Crippen molar-refractivity contribution in [1.29, 1.82) is 0 Å². The summed E-state index contributed by atoms with van der Waals surface area (Å²) in [6, 6.07) is 1.26. The summed E-state index contributed by atoms with van der Waals surface area (Å²) in [5.41, 5.74) is 0. The zero-order valence-corrected chi connectivity index (χ0v) is 12.4. The highest BCUT2D eigenvalue weighted by Crippen LogP contribution is 2.13. The Bertz CT molecular complexity index is 255. The lowest BCUT2D eigenvalue weighted by atomic mass is 10.0. The molecule has 0 bridgehead atoms. The van der Waals surface area contributed by atoms with E-state index in [0.29, 0.717) is 18.5 Å². The van der Waals surface area contributed by atoms with Crippen LogP contribution in [0.3, 0.4) is 0 Å². The van der Waals surface area contributed by atoms with E-state index in [1.807, 2.05) is 14.1 Å². The predicted molar refractivity (Wildman–Crippen MR) is 75.7 cm³/mol. The van der Waals surface area contributed by atoms with Crippen LogP contribution in [0.2, 0.25) is 0 Å². The van der Waals surface area contributed by atoms with Crippen LogP contribution in [0.4, 0.5) is 0 Å². The van der Waals surface area contributed by atoms with Crippen molar-refractivity contribution in [3.8, 4) is 0 Å². The van der Waals surface area contributed by atoms with E-state index >= 15 is 0 Å². The summed E-state index contributed by atoms with van der Waals surface area (Å²) in [5, 5.41) is 3.60. The zero-order valence-electron chi connectivity index (χ0n) is 12.4. The van der Waals surface area contributed by atoms with Crippen molar-refractivity contribution >= 4 is 5.91 Å². The predicted octanol–water partition coefficient (Wildman–Crippen LogP) is 1.32. The van der Waals surface area contributed by atoms with E-state index in [2.05, 4.69) is 24.1 Å². The minimum absolute atomic E-state index is 0.241. The topological polar surface area (TPSA) is 35.6 Å². The molecule has 4 nitrogen and oxygen atoms in total. The Morgan fingerprint density at radius 2 is 2.06 bits per heavy atom. The molecule has 1 aliphatic heterocycles. The number of nitrogens with zero attached hydrogens (tertiary/aromatic N) is 2. The molecule has 0 aromatic rings. The molecule has 1 fully saturated rings. The van der Waals surface area contributed by atoms with Crippen molar-refractivity contribution in [1.82, 2.24) is 15.1 Å². The second-order valence-electron chi connectivity index (χ2n) is 5.46. The minimum Gasteiger partial charge on any atom is -0.349 e. The van der Waals surface area contributed by atoms with Crippen molar-refractivity contribution in [3.05, 3.63) is 0 Å². The van der Waals surface area contributed by atoms with Gasteiger partial charge in [0.25, 0.3) is 0 Å². The van der Waals surface area contributed by atoms with Crippen LogP contribution in [0, 0.1) is 0 Å². The third-order valence-corrected chi connectivity index (χ3v) is 3.91. The zero-order chi connectivity index (χ0) is 13.5. The lowest BCUT2D eigenvalue weighted by Crippen LogP contribution is -2.56. The molecular formula is C14H29N3O. The first-order valence-corrected chi connectivity index (χ1v) is 7.26. The maximum absolute atomic E-state index is 11.6. The molecule has 0 spiro atoms. The lowest BCUT2D eigenvalue weighted by molar-refractivity contribution is -0.128. The Hall–Kier alpha value is -0.610. The van der Waals surface area contributed by atoms with Crippen molar-refractivity contribution < 1.29 is 4.79 Å². The lowest BCUT2D eigenvalue weighted by Gasteiger charge is -2.40. The van der Waals surface area contributed by atoms with Gasteiger partial charge in [-0.3, -0.25) is 9.69 Å². The summed E-state index contributed by atoms with van der Waals surface area (Å²) in [6.07, 6.45) is 4.02. The van der Waals surface area contributed by atoms with Gasteiger partial charge in [0.15, 0.2) is 0 Å². The number of hydrogen-bond acceptors (Lipinski definition) is 3. The molecule has 106 valence electrons. The molecule has 2 unspecified atom stereocenters. The van der Waals surface area contributed by atoms with Crippen LogP contribution < -0.4 is 5.32 Å². The molecule has 0 saturated carbocycles. The normalized spacial score (nSPS) is 25.1. The number of amides is 1. The van der Waals surface area contributed by atoms with E-state index < -0.39 is 0 Å². The van der Waals surface area contributed by atoms with Gasteiger partial charge in [-0.25, -0.2) is 0 Å².